The van der Waals surface area contributed by atoms with Gasteiger partial charge >= 0.3 is 0 Å². The fourth-order valence-corrected chi connectivity index (χ4v) is 1.13. The van der Waals surface area contributed by atoms with Gasteiger partial charge in [0.2, 0.25) is 0 Å². The van der Waals surface area contributed by atoms with E-state index in [1.807, 2.05) is 0 Å². The Kier molecular flexibility index (Phi) is 4.03. The molecule has 3 N–H and O–H groups in total. The van der Waals surface area contributed by atoms with Gasteiger partial charge in [0.05, 0.1) is 0 Å². The topological polar surface area (TPSA) is 50.4 Å². The standard InChI is InChI=1S/C10H13F2N3/c1-14-10(13)15-5-4-7-2-3-8(11)6-9(7)12/h2-3,6H,4-5H2,1H3,(H3,13,14,15). The lowest BCUT2D eigenvalue weighted by Crippen LogP contribution is -2.33. The lowest BCUT2D eigenvalue weighted by atomic mass is 10.1. The highest BCUT2D eigenvalue weighted by Crippen LogP contribution is 2.09. The SMILES string of the molecule is CN=C(N)NCCc1ccc(F)cc1F. The molecule has 0 unspecified atom stereocenters. The van der Waals surface area contributed by atoms with Crippen molar-refractivity contribution in [3.8, 4) is 0 Å². The quantitative estimate of drug-likeness (QED) is 0.582. The van der Waals surface area contributed by atoms with Crippen molar-refractivity contribution in [2.75, 3.05) is 13.6 Å². The van der Waals surface area contributed by atoms with Crippen LogP contribution in [0.3, 0.4) is 0 Å². The summed E-state index contributed by atoms with van der Waals surface area (Å²) in [5, 5.41) is 2.79. The molecular formula is C10H13F2N3. The van der Waals surface area contributed by atoms with Gasteiger partial charge in [0.25, 0.3) is 0 Å². The van der Waals surface area contributed by atoms with Gasteiger partial charge in [0.15, 0.2) is 5.96 Å². The van der Waals surface area contributed by atoms with Crippen molar-refractivity contribution in [2.45, 2.75) is 6.42 Å². The number of hydrogen-bond acceptors (Lipinski definition) is 1. The minimum Gasteiger partial charge on any atom is -0.370 e. The second kappa shape index (κ2) is 5.29. The average molecular weight is 213 g/mol. The number of rotatable bonds is 3. The first-order valence-corrected chi connectivity index (χ1v) is 4.53. The van der Waals surface area contributed by atoms with Gasteiger partial charge in [-0.15, -0.1) is 0 Å². The molecule has 0 aliphatic carbocycles. The number of nitrogens with two attached hydrogens (primary N) is 1. The Balaban J connectivity index is 2.51. The van der Waals surface area contributed by atoms with E-state index in [4.69, 9.17) is 5.73 Å². The summed E-state index contributed by atoms with van der Waals surface area (Å²) < 4.78 is 25.7. The summed E-state index contributed by atoms with van der Waals surface area (Å²) in [6.07, 6.45) is 0.433. The van der Waals surface area contributed by atoms with Crippen LogP contribution in [0.4, 0.5) is 8.78 Å². The lowest BCUT2D eigenvalue weighted by Gasteiger charge is -2.05. The van der Waals surface area contributed by atoms with E-state index in [2.05, 4.69) is 10.3 Å². The third-order valence-corrected chi connectivity index (χ3v) is 1.96. The van der Waals surface area contributed by atoms with Gasteiger partial charge in [0.1, 0.15) is 11.6 Å². The second-order valence-corrected chi connectivity index (χ2v) is 3.02. The molecule has 0 amide bonds. The molecule has 0 aromatic heterocycles. The zero-order valence-corrected chi connectivity index (χ0v) is 8.43. The third-order valence-electron chi connectivity index (χ3n) is 1.96. The Morgan fingerprint density at radius 3 is 2.80 bits per heavy atom. The number of guanidine groups is 1. The van der Waals surface area contributed by atoms with Gasteiger partial charge < -0.3 is 11.1 Å². The average Bonchev–Trinajstić information content (AvgIpc) is 2.21. The van der Waals surface area contributed by atoms with Gasteiger partial charge in [0, 0.05) is 19.7 Å². The molecule has 0 aliphatic heterocycles. The molecule has 0 atom stereocenters. The van der Waals surface area contributed by atoms with Crippen LogP contribution in [0.2, 0.25) is 0 Å². The molecule has 1 aromatic rings. The van der Waals surface area contributed by atoms with Crippen molar-refractivity contribution < 1.29 is 8.78 Å². The van der Waals surface area contributed by atoms with Crippen molar-refractivity contribution >= 4 is 5.96 Å². The number of nitrogens with zero attached hydrogens (tertiary/aromatic N) is 1. The van der Waals surface area contributed by atoms with Crippen LogP contribution in [-0.2, 0) is 6.42 Å². The Bertz CT molecular complexity index is 364. The van der Waals surface area contributed by atoms with Crippen molar-refractivity contribution in [1.82, 2.24) is 5.32 Å². The number of nitrogens with one attached hydrogen (secondary N) is 1. The first kappa shape index (κ1) is 11.4. The molecule has 15 heavy (non-hydrogen) atoms. The molecule has 0 fully saturated rings. The number of benzene rings is 1. The van der Waals surface area contributed by atoms with E-state index in [-0.39, 0.29) is 0 Å². The molecule has 0 aliphatic rings. The third kappa shape index (κ3) is 3.53. The van der Waals surface area contributed by atoms with E-state index >= 15 is 0 Å². The highest BCUT2D eigenvalue weighted by molar-refractivity contribution is 5.77. The number of hydrogen-bond donors (Lipinski definition) is 2. The molecule has 0 saturated heterocycles. The van der Waals surface area contributed by atoms with Crippen LogP contribution in [-0.4, -0.2) is 19.6 Å². The predicted octanol–water partition coefficient (Wildman–Crippen LogP) is 1.04. The molecule has 3 nitrogen and oxygen atoms in total. The van der Waals surface area contributed by atoms with E-state index in [0.29, 0.717) is 24.5 Å². The first-order chi connectivity index (χ1) is 7.13. The van der Waals surface area contributed by atoms with E-state index in [0.717, 1.165) is 6.07 Å². The highest BCUT2D eigenvalue weighted by Gasteiger charge is 2.03. The van der Waals surface area contributed by atoms with Crippen LogP contribution in [0.25, 0.3) is 0 Å². The second-order valence-electron chi connectivity index (χ2n) is 3.02. The Morgan fingerprint density at radius 1 is 1.47 bits per heavy atom. The molecule has 0 spiro atoms. The molecular weight excluding hydrogens is 200 g/mol. The highest BCUT2D eigenvalue weighted by atomic mass is 19.1. The van der Waals surface area contributed by atoms with E-state index in [9.17, 15) is 8.78 Å². The van der Waals surface area contributed by atoms with Gasteiger partial charge in [-0.25, -0.2) is 8.78 Å². The molecule has 1 rings (SSSR count). The molecule has 0 bridgehead atoms. The van der Waals surface area contributed by atoms with E-state index < -0.39 is 11.6 Å². The van der Waals surface area contributed by atoms with Crippen LogP contribution >= 0.6 is 0 Å². The van der Waals surface area contributed by atoms with E-state index in [1.165, 1.54) is 12.1 Å². The lowest BCUT2D eigenvalue weighted by molar-refractivity contribution is 0.571. The minimum atomic E-state index is -0.571. The largest absolute Gasteiger partial charge is 0.370 e. The van der Waals surface area contributed by atoms with E-state index in [1.54, 1.807) is 7.05 Å². The monoisotopic (exact) mass is 213 g/mol. The summed E-state index contributed by atoms with van der Waals surface area (Å²) >= 11 is 0. The Hall–Kier alpha value is -1.65. The summed E-state index contributed by atoms with van der Waals surface area (Å²) in [6.45, 7) is 0.464. The Morgan fingerprint density at radius 2 is 2.20 bits per heavy atom. The number of aliphatic imine (C=N–C) groups is 1. The summed E-state index contributed by atoms with van der Waals surface area (Å²) in [5.74, 6) is -0.805. The van der Waals surface area contributed by atoms with Crippen molar-refractivity contribution in [3.05, 3.63) is 35.4 Å². The van der Waals surface area contributed by atoms with Crippen molar-refractivity contribution in [1.29, 1.82) is 0 Å². The Labute approximate surface area is 87.0 Å². The summed E-state index contributed by atoms with van der Waals surface area (Å²) in [7, 11) is 1.56. The molecule has 82 valence electrons. The molecule has 0 radical (unpaired) electrons. The van der Waals surface area contributed by atoms with Crippen LogP contribution in [0.1, 0.15) is 5.56 Å². The molecule has 0 heterocycles. The number of halogens is 2. The predicted molar refractivity (Wildman–Crippen MR) is 55.6 cm³/mol. The van der Waals surface area contributed by atoms with Crippen LogP contribution < -0.4 is 11.1 Å². The van der Waals surface area contributed by atoms with Gasteiger partial charge in [-0.3, -0.25) is 4.99 Å². The smallest absolute Gasteiger partial charge is 0.188 e. The minimum absolute atomic E-state index is 0.303. The van der Waals surface area contributed by atoms with Crippen molar-refractivity contribution in [2.24, 2.45) is 10.7 Å². The molecule has 1 aromatic carbocycles. The van der Waals surface area contributed by atoms with Crippen molar-refractivity contribution in [3.63, 3.8) is 0 Å². The summed E-state index contributed by atoms with van der Waals surface area (Å²) in [6, 6.07) is 3.52. The zero-order chi connectivity index (χ0) is 11.3. The normalized spacial score (nSPS) is 11.5. The molecule has 5 heteroatoms. The van der Waals surface area contributed by atoms with Crippen LogP contribution in [0.15, 0.2) is 23.2 Å². The van der Waals surface area contributed by atoms with Gasteiger partial charge in [-0.05, 0) is 18.1 Å². The maximum atomic E-state index is 13.1. The fraction of sp³-hybridized carbons (Fsp3) is 0.300. The zero-order valence-electron chi connectivity index (χ0n) is 8.43. The summed E-state index contributed by atoms with van der Waals surface area (Å²) in [4.78, 5) is 3.69. The van der Waals surface area contributed by atoms with Crippen LogP contribution in [0.5, 0.6) is 0 Å². The maximum absolute atomic E-state index is 13.1. The van der Waals surface area contributed by atoms with Gasteiger partial charge in [-0.1, -0.05) is 6.07 Å². The molecule has 0 saturated carbocycles. The maximum Gasteiger partial charge on any atom is 0.188 e. The van der Waals surface area contributed by atoms with Gasteiger partial charge in [-0.2, -0.15) is 0 Å². The fourth-order valence-electron chi connectivity index (χ4n) is 1.13. The van der Waals surface area contributed by atoms with Crippen LogP contribution in [0, 0.1) is 11.6 Å². The summed E-state index contributed by atoms with van der Waals surface area (Å²) in [5.41, 5.74) is 5.84. The first-order valence-electron chi connectivity index (χ1n) is 4.53.